The second kappa shape index (κ2) is 7.88. The molecule has 23 heavy (non-hydrogen) atoms. The summed E-state index contributed by atoms with van der Waals surface area (Å²) in [6, 6.07) is 11.3. The normalized spacial score (nSPS) is 10.3. The molecule has 0 aliphatic carbocycles. The molecule has 0 bridgehead atoms. The Kier molecular flexibility index (Phi) is 5.88. The minimum Gasteiger partial charge on any atom is -0.493 e. The molecule has 2 rings (SSSR count). The summed E-state index contributed by atoms with van der Waals surface area (Å²) in [6.07, 6.45) is 1.55. The van der Waals surface area contributed by atoms with Gasteiger partial charge in [-0.2, -0.15) is 0 Å². The van der Waals surface area contributed by atoms with Gasteiger partial charge in [0.1, 0.15) is 0 Å². The maximum atomic E-state index is 11.3. The van der Waals surface area contributed by atoms with Crippen molar-refractivity contribution in [3.8, 4) is 11.5 Å². The van der Waals surface area contributed by atoms with Crippen LogP contribution in [0.15, 0.2) is 36.4 Å². The summed E-state index contributed by atoms with van der Waals surface area (Å²) < 4.78 is 10.6. The van der Waals surface area contributed by atoms with Crippen LogP contribution in [0.3, 0.4) is 0 Å². The molecule has 1 N–H and O–H groups in total. The lowest BCUT2D eigenvalue weighted by Gasteiger charge is -2.12. The molecule has 0 unspecified atom stereocenters. The molecule has 0 aliphatic heterocycles. The Morgan fingerprint density at radius 2 is 1.78 bits per heavy atom. The molecule has 2 aromatic rings. The number of aryl methyl sites for hydroxylation is 2. The molecule has 2 aromatic carbocycles. The van der Waals surface area contributed by atoms with Crippen LogP contribution in [0.25, 0.3) is 0 Å². The quantitative estimate of drug-likeness (QED) is 0.865. The maximum Gasteiger partial charge on any atom is 0.221 e. The topological polar surface area (TPSA) is 47.6 Å². The van der Waals surface area contributed by atoms with E-state index in [0.29, 0.717) is 16.5 Å². The molecule has 1 amide bonds. The van der Waals surface area contributed by atoms with Gasteiger partial charge in [-0.1, -0.05) is 17.7 Å². The van der Waals surface area contributed by atoms with Gasteiger partial charge in [-0.3, -0.25) is 4.79 Å². The Morgan fingerprint density at radius 3 is 2.43 bits per heavy atom. The predicted octanol–water partition coefficient (Wildman–Crippen LogP) is 4.10. The Hall–Kier alpha value is -2.20. The number of methoxy groups -OCH3 is 2. The molecule has 4 nitrogen and oxygen atoms in total. The zero-order valence-corrected chi connectivity index (χ0v) is 14.2. The molecular weight excluding hydrogens is 314 g/mol. The number of benzene rings is 2. The number of amides is 1. The number of halogens is 1. The predicted molar refractivity (Wildman–Crippen MR) is 92.7 cm³/mol. The van der Waals surface area contributed by atoms with Gasteiger partial charge in [0.2, 0.25) is 5.91 Å². The first-order chi connectivity index (χ1) is 11.0. The lowest BCUT2D eigenvalue weighted by Crippen LogP contribution is -2.08. The summed E-state index contributed by atoms with van der Waals surface area (Å²) in [5.74, 6) is 1.32. The van der Waals surface area contributed by atoms with Crippen molar-refractivity contribution in [1.29, 1.82) is 0 Å². The summed E-state index contributed by atoms with van der Waals surface area (Å²) >= 11 is 6.07. The van der Waals surface area contributed by atoms with Crippen molar-refractivity contribution in [2.75, 3.05) is 19.5 Å². The van der Waals surface area contributed by atoms with E-state index in [0.717, 1.165) is 29.7 Å². The summed E-state index contributed by atoms with van der Waals surface area (Å²) in [7, 11) is 3.23. The average molecular weight is 334 g/mol. The lowest BCUT2D eigenvalue weighted by molar-refractivity contribution is -0.114. The van der Waals surface area contributed by atoms with E-state index >= 15 is 0 Å². The van der Waals surface area contributed by atoms with E-state index < -0.39 is 0 Å². The van der Waals surface area contributed by atoms with Gasteiger partial charge in [-0.05, 0) is 54.3 Å². The molecule has 0 saturated heterocycles. The number of ether oxygens (including phenoxy) is 2. The van der Waals surface area contributed by atoms with Crippen molar-refractivity contribution in [1.82, 2.24) is 0 Å². The smallest absolute Gasteiger partial charge is 0.221 e. The monoisotopic (exact) mass is 333 g/mol. The molecule has 122 valence electrons. The Bertz CT molecular complexity index is 701. The first-order valence-corrected chi connectivity index (χ1v) is 7.68. The Morgan fingerprint density at radius 1 is 1.04 bits per heavy atom. The second-order valence-corrected chi connectivity index (χ2v) is 5.61. The van der Waals surface area contributed by atoms with Crippen LogP contribution in [0, 0.1) is 0 Å². The van der Waals surface area contributed by atoms with Crippen molar-refractivity contribution in [2.24, 2.45) is 0 Å². The molecule has 0 atom stereocenters. The number of carbonyl (C=O) groups excluding carboxylic acids is 1. The van der Waals surface area contributed by atoms with E-state index in [1.54, 1.807) is 20.3 Å². The van der Waals surface area contributed by atoms with Gasteiger partial charge < -0.3 is 14.8 Å². The SMILES string of the molecule is COc1ccc(CCc2cc(Cl)ccc2NC(C)=O)cc1OC. The number of carbonyl (C=O) groups is 1. The molecule has 0 saturated carbocycles. The highest BCUT2D eigenvalue weighted by atomic mass is 35.5. The standard InChI is InChI=1S/C18H20ClNO3/c1-12(21)20-16-8-7-15(19)11-14(16)6-4-13-5-9-17(22-2)18(10-13)23-3/h5,7-11H,4,6H2,1-3H3,(H,20,21). The third kappa shape index (κ3) is 4.63. The van der Waals surface area contributed by atoms with Crippen molar-refractivity contribution in [3.63, 3.8) is 0 Å². The van der Waals surface area contributed by atoms with Gasteiger partial charge in [0.05, 0.1) is 14.2 Å². The zero-order chi connectivity index (χ0) is 16.8. The maximum absolute atomic E-state index is 11.3. The van der Waals surface area contributed by atoms with E-state index in [4.69, 9.17) is 21.1 Å². The minimum atomic E-state index is -0.0975. The third-order valence-corrected chi connectivity index (χ3v) is 3.74. The minimum absolute atomic E-state index is 0.0975. The molecule has 0 radical (unpaired) electrons. The number of nitrogens with one attached hydrogen (secondary N) is 1. The zero-order valence-electron chi connectivity index (χ0n) is 13.5. The van der Waals surface area contributed by atoms with Gasteiger partial charge in [0.25, 0.3) is 0 Å². The largest absolute Gasteiger partial charge is 0.493 e. The molecule has 5 heteroatoms. The summed E-state index contributed by atoms with van der Waals surface area (Å²) in [4.78, 5) is 11.3. The molecule has 0 heterocycles. The van der Waals surface area contributed by atoms with Crippen LogP contribution >= 0.6 is 11.6 Å². The fraction of sp³-hybridized carbons (Fsp3) is 0.278. The number of anilines is 1. The second-order valence-electron chi connectivity index (χ2n) is 5.17. The van der Waals surface area contributed by atoms with Crippen LogP contribution in [0.1, 0.15) is 18.1 Å². The van der Waals surface area contributed by atoms with Crippen molar-refractivity contribution >= 4 is 23.2 Å². The van der Waals surface area contributed by atoms with E-state index in [2.05, 4.69) is 5.32 Å². The fourth-order valence-electron chi connectivity index (χ4n) is 2.40. The summed E-state index contributed by atoms with van der Waals surface area (Å²) in [5.41, 5.74) is 2.92. The first kappa shape index (κ1) is 17.2. The van der Waals surface area contributed by atoms with Crippen LogP contribution in [0.2, 0.25) is 5.02 Å². The molecule has 0 fully saturated rings. The van der Waals surface area contributed by atoms with Crippen LogP contribution in [0.4, 0.5) is 5.69 Å². The summed E-state index contributed by atoms with van der Waals surface area (Å²) in [6.45, 7) is 1.49. The van der Waals surface area contributed by atoms with E-state index in [-0.39, 0.29) is 5.91 Å². The van der Waals surface area contributed by atoms with Crippen molar-refractivity contribution < 1.29 is 14.3 Å². The van der Waals surface area contributed by atoms with Crippen LogP contribution < -0.4 is 14.8 Å². The van der Waals surface area contributed by atoms with Gasteiger partial charge in [-0.25, -0.2) is 0 Å². The number of rotatable bonds is 6. The fourth-order valence-corrected chi connectivity index (χ4v) is 2.59. The third-order valence-electron chi connectivity index (χ3n) is 3.51. The van der Waals surface area contributed by atoms with E-state index in [9.17, 15) is 4.79 Å². The first-order valence-electron chi connectivity index (χ1n) is 7.30. The molecule has 0 aliphatic rings. The highest BCUT2D eigenvalue weighted by Crippen LogP contribution is 2.29. The Labute approximate surface area is 141 Å². The number of hydrogen-bond donors (Lipinski definition) is 1. The van der Waals surface area contributed by atoms with Crippen LogP contribution in [-0.2, 0) is 17.6 Å². The molecule has 0 aromatic heterocycles. The Balaban J connectivity index is 2.17. The highest BCUT2D eigenvalue weighted by Gasteiger charge is 2.08. The van der Waals surface area contributed by atoms with Crippen molar-refractivity contribution in [2.45, 2.75) is 19.8 Å². The average Bonchev–Trinajstić information content (AvgIpc) is 2.54. The molecular formula is C18H20ClNO3. The van der Waals surface area contributed by atoms with Crippen LogP contribution in [-0.4, -0.2) is 20.1 Å². The molecule has 0 spiro atoms. The van der Waals surface area contributed by atoms with Crippen LogP contribution in [0.5, 0.6) is 11.5 Å². The summed E-state index contributed by atoms with van der Waals surface area (Å²) in [5, 5.41) is 3.49. The van der Waals surface area contributed by atoms with Gasteiger partial charge in [0.15, 0.2) is 11.5 Å². The van der Waals surface area contributed by atoms with E-state index in [1.165, 1.54) is 6.92 Å². The lowest BCUT2D eigenvalue weighted by atomic mass is 10.0. The van der Waals surface area contributed by atoms with Crippen molar-refractivity contribution in [3.05, 3.63) is 52.5 Å². The van der Waals surface area contributed by atoms with Gasteiger partial charge in [0, 0.05) is 17.6 Å². The van der Waals surface area contributed by atoms with E-state index in [1.807, 2.05) is 30.3 Å². The van der Waals surface area contributed by atoms with Gasteiger partial charge in [-0.15, -0.1) is 0 Å². The number of hydrogen-bond acceptors (Lipinski definition) is 3. The van der Waals surface area contributed by atoms with Gasteiger partial charge >= 0.3 is 0 Å². The highest BCUT2D eigenvalue weighted by molar-refractivity contribution is 6.30.